The first-order valence-electron chi connectivity index (χ1n) is 11.8. The van der Waals surface area contributed by atoms with E-state index in [4.69, 9.17) is 33.2 Å². The third kappa shape index (κ3) is 12.1. The molecule has 1 aromatic carbocycles. The van der Waals surface area contributed by atoms with Crippen LogP contribution in [0.2, 0.25) is 0 Å². The molecule has 33 heavy (non-hydrogen) atoms. The quantitative estimate of drug-likeness (QED) is 0.313. The zero-order chi connectivity index (χ0) is 24.7. The number of methoxy groups -OCH3 is 2. The Bertz CT molecular complexity index is 647. The van der Waals surface area contributed by atoms with Crippen molar-refractivity contribution in [3.05, 3.63) is 23.3 Å². The molecule has 0 fully saturated rings. The average Bonchev–Trinajstić information content (AvgIpc) is 2.74. The van der Waals surface area contributed by atoms with Crippen molar-refractivity contribution < 1.29 is 33.2 Å². The molecule has 0 unspecified atom stereocenters. The summed E-state index contributed by atoms with van der Waals surface area (Å²) in [5.74, 6) is 1.78. The molecule has 0 amide bonds. The van der Waals surface area contributed by atoms with Gasteiger partial charge in [0, 0.05) is 18.2 Å². The van der Waals surface area contributed by atoms with Crippen LogP contribution < -0.4 is 9.47 Å². The molecule has 0 aliphatic heterocycles. The first-order chi connectivity index (χ1) is 15.6. The summed E-state index contributed by atoms with van der Waals surface area (Å²) in [7, 11) is 3.37. The predicted octanol–water partition coefficient (Wildman–Crippen LogP) is 4.38. The Kier molecular flexibility index (Phi) is 13.9. The van der Waals surface area contributed by atoms with E-state index in [1.165, 1.54) is 0 Å². The smallest absolute Gasteiger partial charge is 0.123 e. The van der Waals surface area contributed by atoms with Gasteiger partial charge in [0.1, 0.15) is 18.1 Å². The van der Waals surface area contributed by atoms with Crippen molar-refractivity contribution in [2.45, 2.75) is 52.4 Å². The van der Waals surface area contributed by atoms with Gasteiger partial charge in [-0.2, -0.15) is 0 Å². The number of hydrogen-bond acceptors (Lipinski definition) is 7. The second-order valence-electron chi connectivity index (χ2n) is 9.84. The molecule has 0 saturated carbocycles. The fraction of sp³-hybridized carbons (Fsp3) is 0.769. The van der Waals surface area contributed by atoms with Gasteiger partial charge in [-0.05, 0) is 23.0 Å². The fourth-order valence-electron chi connectivity index (χ4n) is 3.14. The second kappa shape index (κ2) is 15.5. The summed E-state index contributed by atoms with van der Waals surface area (Å²) < 4.78 is 38.7. The molecule has 0 aliphatic rings. The topological polar surface area (TPSA) is 64.6 Å². The molecule has 7 nitrogen and oxygen atoms in total. The van der Waals surface area contributed by atoms with E-state index in [1.54, 1.807) is 14.2 Å². The number of rotatable bonds is 17. The molecule has 0 aromatic heterocycles. The summed E-state index contributed by atoms with van der Waals surface area (Å²) in [5.41, 5.74) is 2.14. The van der Waals surface area contributed by atoms with Crippen LogP contribution in [-0.4, -0.2) is 80.3 Å². The van der Waals surface area contributed by atoms with Crippen LogP contribution in [-0.2, 0) is 34.5 Å². The van der Waals surface area contributed by atoms with Gasteiger partial charge in [-0.3, -0.25) is 0 Å². The van der Waals surface area contributed by atoms with E-state index in [-0.39, 0.29) is 10.8 Å². The summed E-state index contributed by atoms with van der Waals surface area (Å²) in [4.78, 5) is 0. The third-order valence-corrected chi connectivity index (χ3v) is 4.95. The SMILES string of the molecule is COCCOCCOCCOCCOCCOc1cc(C(C)(C)C)c(OC)cc1C(C)(C)C. The standard InChI is InChI=1S/C26H46O7/c1-25(2,3)21-20-24(22(26(4,5)6)19-23(21)28-8)33-18-17-32-16-15-31-14-13-30-12-11-29-10-9-27-7/h19-20H,9-18H2,1-8H3. The Balaban J connectivity index is 2.31. The van der Waals surface area contributed by atoms with Gasteiger partial charge in [-0.25, -0.2) is 0 Å². The zero-order valence-corrected chi connectivity index (χ0v) is 22.1. The van der Waals surface area contributed by atoms with Crippen LogP contribution in [0.15, 0.2) is 12.1 Å². The second-order valence-corrected chi connectivity index (χ2v) is 9.84. The Labute approximate surface area is 201 Å². The van der Waals surface area contributed by atoms with Crippen molar-refractivity contribution in [1.82, 2.24) is 0 Å². The van der Waals surface area contributed by atoms with Crippen LogP contribution in [0, 0.1) is 0 Å². The lowest BCUT2D eigenvalue weighted by molar-refractivity contribution is -0.00982. The van der Waals surface area contributed by atoms with Crippen LogP contribution in [0.3, 0.4) is 0 Å². The highest BCUT2D eigenvalue weighted by Gasteiger charge is 2.26. The van der Waals surface area contributed by atoms with Gasteiger partial charge >= 0.3 is 0 Å². The molecule has 192 valence electrons. The molecule has 0 aliphatic carbocycles. The van der Waals surface area contributed by atoms with Gasteiger partial charge in [0.25, 0.3) is 0 Å². The molecule has 7 heteroatoms. The van der Waals surface area contributed by atoms with Gasteiger partial charge in [0.2, 0.25) is 0 Å². The minimum atomic E-state index is -0.0636. The minimum Gasteiger partial charge on any atom is -0.496 e. The van der Waals surface area contributed by atoms with Gasteiger partial charge in [-0.15, -0.1) is 0 Å². The summed E-state index contributed by atoms with van der Waals surface area (Å²) in [6.07, 6.45) is 0. The van der Waals surface area contributed by atoms with Gasteiger partial charge in [-0.1, -0.05) is 41.5 Å². The largest absolute Gasteiger partial charge is 0.496 e. The van der Waals surface area contributed by atoms with Crippen molar-refractivity contribution in [2.75, 3.05) is 80.3 Å². The first kappa shape index (κ1) is 29.7. The van der Waals surface area contributed by atoms with E-state index in [1.807, 2.05) is 0 Å². The molecule has 0 heterocycles. The van der Waals surface area contributed by atoms with Crippen molar-refractivity contribution in [1.29, 1.82) is 0 Å². The monoisotopic (exact) mass is 470 g/mol. The Morgan fingerprint density at radius 2 is 0.879 bits per heavy atom. The van der Waals surface area contributed by atoms with Crippen LogP contribution in [0.25, 0.3) is 0 Å². The predicted molar refractivity (Wildman–Crippen MR) is 131 cm³/mol. The van der Waals surface area contributed by atoms with Crippen LogP contribution >= 0.6 is 0 Å². The molecule has 0 radical (unpaired) electrons. The zero-order valence-electron chi connectivity index (χ0n) is 22.1. The molecule has 1 aromatic rings. The Hall–Kier alpha value is -1.38. The van der Waals surface area contributed by atoms with E-state index in [2.05, 4.69) is 53.7 Å². The number of hydrogen-bond donors (Lipinski definition) is 0. The van der Waals surface area contributed by atoms with Crippen LogP contribution in [0.4, 0.5) is 0 Å². The maximum absolute atomic E-state index is 6.15. The summed E-state index contributed by atoms with van der Waals surface area (Å²) in [6, 6.07) is 4.23. The lowest BCUT2D eigenvalue weighted by atomic mass is 9.81. The lowest BCUT2D eigenvalue weighted by Gasteiger charge is -2.28. The summed E-state index contributed by atoms with van der Waals surface area (Å²) in [6.45, 7) is 18.5. The molecular formula is C26H46O7. The maximum atomic E-state index is 6.15. The van der Waals surface area contributed by atoms with E-state index >= 15 is 0 Å². The van der Waals surface area contributed by atoms with Gasteiger partial charge < -0.3 is 33.2 Å². The first-order valence-corrected chi connectivity index (χ1v) is 11.8. The normalized spacial score (nSPS) is 12.2. The molecule has 0 atom stereocenters. The molecule has 0 saturated heterocycles. The third-order valence-electron chi connectivity index (χ3n) is 4.95. The average molecular weight is 471 g/mol. The van der Waals surface area contributed by atoms with Crippen molar-refractivity contribution in [2.24, 2.45) is 0 Å². The molecule has 0 N–H and O–H groups in total. The lowest BCUT2D eigenvalue weighted by Crippen LogP contribution is -2.19. The molecule has 0 bridgehead atoms. The van der Waals surface area contributed by atoms with Crippen molar-refractivity contribution >= 4 is 0 Å². The fourth-order valence-corrected chi connectivity index (χ4v) is 3.14. The summed E-state index contributed by atoms with van der Waals surface area (Å²) in [5, 5.41) is 0. The van der Waals surface area contributed by atoms with E-state index in [0.717, 1.165) is 22.6 Å². The van der Waals surface area contributed by atoms with Crippen LogP contribution in [0.1, 0.15) is 52.7 Å². The number of ether oxygens (including phenoxy) is 7. The highest BCUT2D eigenvalue weighted by Crippen LogP contribution is 2.41. The highest BCUT2D eigenvalue weighted by molar-refractivity contribution is 5.51. The summed E-state index contributed by atoms with van der Waals surface area (Å²) >= 11 is 0. The Morgan fingerprint density at radius 1 is 0.515 bits per heavy atom. The molecular weight excluding hydrogens is 424 g/mol. The maximum Gasteiger partial charge on any atom is 0.123 e. The number of benzene rings is 1. The molecule has 0 spiro atoms. The Morgan fingerprint density at radius 3 is 1.27 bits per heavy atom. The van der Waals surface area contributed by atoms with Gasteiger partial charge in [0.15, 0.2) is 0 Å². The highest BCUT2D eigenvalue weighted by atomic mass is 16.6. The van der Waals surface area contributed by atoms with E-state index < -0.39 is 0 Å². The van der Waals surface area contributed by atoms with Crippen molar-refractivity contribution in [3.63, 3.8) is 0 Å². The van der Waals surface area contributed by atoms with E-state index in [9.17, 15) is 0 Å². The van der Waals surface area contributed by atoms with Crippen LogP contribution in [0.5, 0.6) is 11.5 Å². The van der Waals surface area contributed by atoms with Crippen molar-refractivity contribution in [3.8, 4) is 11.5 Å². The molecule has 1 rings (SSSR count). The minimum absolute atomic E-state index is 0.0472. The van der Waals surface area contributed by atoms with Gasteiger partial charge in [0.05, 0.1) is 66.6 Å². The van der Waals surface area contributed by atoms with E-state index in [0.29, 0.717) is 66.1 Å².